The van der Waals surface area contributed by atoms with E-state index in [9.17, 15) is 9.59 Å². The zero-order chi connectivity index (χ0) is 18.0. The lowest BCUT2D eigenvalue weighted by Crippen LogP contribution is -2.35. The molecule has 1 heterocycles. The van der Waals surface area contributed by atoms with Crippen LogP contribution in [-0.4, -0.2) is 26.0 Å². The van der Waals surface area contributed by atoms with Gasteiger partial charge >= 0.3 is 0 Å². The highest BCUT2D eigenvalue weighted by Crippen LogP contribution is 2.36. The van der Waals surface area contributed by atoms with Crippen LogP contribution >= 0.6 is 11.6 Å². The highest BCUT2D eigenvalue weighted by atomic mass is 35.5. The second-order valence-electron chi connectivity index (χ2n) is 5.21. The van der Waals surface area contributed by atoms with Gasteiger partial charge < -0.3 is 9.47 Å². The normalized spacial score (nSPS) is 15.5. The minimum Gasteiger partial charge on any atom is -0.493 e. The number of carbonyl (C=O) groups is 2. The number of methoxy groups -OCH3 is 2. The van der Waals surface area contributed by atoms with Crippen molar-refractivity contribution >= 4 is 35.2 Å². The molecule has 0 radical (unpaired) electrons. The summed E-state index contributed by atoms with van der Waals surface area (Å²) in [4.78, 5) is 24.9. The fourth-order valence-corrected chi connectivity index (χ4v) is 2.75. The number of hydrogen-bond acceptors (Lipinski definition) is 4. The molecule has 3 rings (SSSR count). The number of para-hydroxylation sites is 1. The van der Waals surface area contributed by atoms with E-state index in [1.165, 1.54) is 25.3 Å². The molecule has 0 unspecified atom stereocenters. The SMILES string of the molecule is COc1cc(Cl)cc(/C=C2/C(=O)NN(c3ccccc3)C2=O)c1OC. The Labute approximate surface area is 149 Å². The maximum atomic E-state index is 12.6. The molecule has 25 heavy (non-hydrogen) atoms. The zero-order valence-electron chi connectivity index (χ0n) is 13.6. The van der Waals surface area contributed by atoms with Gasteiger partial charge in [-0.3, -0.25) is 15.0 Å². The van der Waals surface area contributed by atoms with Crippen molar-refractivity contribution in [3.8, 4) is 11.5 Å². The number of rotatable bonds is 4. The van der Waals surface area contributed by atoms with Crippen LogP contribution in [0.15, 0.2) is 48.0 Å². The van der Waals surface area contributed by atoms with Crippen LogP contribution in [0.4, 0.5) is 5.69 Å². The van der Waals surface area contributed by atoms with Gasteiger partial charge in [0.15, 0.2) is 11.5 Å². The Morgan fingerprint density at radius 2 is 1.80 bits per heavy atom. The number of amides is 2. The summed E-state index contributed by atoms with van der Waals surface area (Å²) in [6.07, 6.45) is 1.44. The predicted molar refractivity (Wildman–Crippen MR) is 94.6 cm³/mol. The number of hydrogen-bond donors (Lipinski definition) is 1. The van der Waals surface area contributed by atoms with Crippen LogP contribution in [0.3, 0.4) is 0 Å². The van der Waals surface area contributed by atoms with E-state index in [0.29, 0.717) is 27.8 Å². The molecule has 0 aliphatic carbocycles. The van der Waals surface area contributed by atoms with Gasteiger partial charge in [0.2, 0.25) is 0 Å². The third-order valence-electron chi connectivity index (χ3n) is 3.68. The molecule has 1 aliphatic heterocycles. The fraction of sp³-hybridized carbons (Fsp3) is 0.111. The van der Waals surface area contributed by atoms with Gasteiger partial charge in [-0.05, 0) is 24.3 Å². The lowest BCUT2D eigenvalue weighted by Gasteiger charge is -2.14. The van der Waals surface area contributed by atoms with Gasteiger partial charge in [-0.25, -0.2) is 5.01 Å². The number of anilines is 1. The molecule has 2 aromatic carbocycles. The van der Waals surface area contributed by atoms with Crippen molar-refractivity contribution in [2.45, 2.75) is 0 Å². The van der Waals surface area contributed by atoms with Crippen LogP contribution in [-0.2, 0) is 9.59 Å². The molecular weight excluding hydrogens is 344 g/mol. The summed E-state index contributed by atoms with van der Waals surface area (Å²) in [5.74, 6) is -0.169. The van der Waals surface area contributed by atoms with Crippen LogP contribution in [0, 0.1) is 0 Å². The average molecular weight is 359 g/mol. The van der Waals surface area contributed by atoms with E-state index in [4.69, 9.17) is 21.1 Å². The fourth-order valence-electron chi connectivity index (χ4n) is 2.54. The largest absolute Gasteiger partial charge is 0.493 e. The molecule has 6 nitrogen and oxygen atoms in total. The zero-order valence-corrected chi connectivity index (χ0v) is 14.3. The first-order valence-electron chi connectivity index (χ1n) is 7.39. The van der Waals surface area contributed by atoms with E-state index >= 15 is 0 Å². The second-order valence-corrected chi connectivity index (χ2v) is 5.64. The van der Waals surface area contributed by atoms with Crippen LogP contribution in [0.2, 0.25) is 5.02 Å². The highest BCUT2D eigenvalue weighted by Gasteiger charge is 2.34. The molecule has 2 aromatic rings. The smallest absolute Gasteiger partial charge is 0.282 e. The summed E-state index contributed by atoms with van der Waals surface area (Å²) < 4.78 is 10.6. The van der Waals surface area contributed by atoms with Crippen molar-refractivity contribution in [2.24, 2.45) is 0 Å². The summed E-state index contributed by atoms with van der Waals surface area (Å²) >= 11 is 6.08. The highest BCUT2D eigenvalue weighted by molar-refractivity contribution is 6.32. The molecule has 1 aliphatic rings. The van der Waals surface area contributed by atoms with E-state index in [1.807, 2.05) is 6.07 Å². The number of hydrazine groups is 1. The van der Waals surface area contributed by atoms with E-state index in [-0.39, 0.29) is 5.57 Å². The Balaban J connectivity index is 2.03. The Kier molecular flexibility index (Phi) is 4.63. The average Bonchev–Trinajstić information content (AvgIpc) is 2.90. The topological polar surface area (TPSA) is 67.9 Å². The minimum atomic E-state index is -0.505. The predicted octanol–water partition coefficient (Wildman–Crippen LogP) is 2.82. The molecule has 0 atom stereocenters. The quantitative estimate of drug-likeness (QED) is 0.674. The van der Waals surface area contributed by atoms with E-state index in [1.54, 1.807) is 36.4 Å². The van der Waals surface area contributed by atoms with E-state index in [0.717, 1.165) is 0 Å². The lowest BCUT2D eigenvalue weighted by atomic mass is 10.1. The molecule has 0 spiro atoms. The first kappa shape index (κ1) is 16.9. The van der Waals surface area contributed by atoms with Gasteiger partial charge in [0.05, 0.1) is 19.9 Å². The number of benzene rings is 2. The number of halogens is 1. The molecule has 1 N–H and O–H groups in total. The van der Waals surface area contributed by atoms with Crippen molar-refractivity contribution in [1.82, 2.24) is 5.43 Å². The monoisotopic (exact) mass is 358 g/mol. The van der Waals surface area contributed by atoms with Crippen molar-refractivity contribution in [1.29, 1.82) is 0 Å². The Bertz CT molecular complexity index is 865. The van der Waals surface area contributed by atoms with Crippen LogP contribution in [0.5, 0.6) is 11.5 Å². The molecule has 0 bridgehead atoms. The first-order valence-corrected chi connectivity index (χ1v) is 7.76. The number of nitrogens with one attached hydrogen (secondary N) is 1. The Morgan fingerprint density at radius 1 is 1.08 bits per heavy atom. The minimum absolute atomic E-state index is 0.0218. The van der Waals surface area contributed by atoms with E-state index < -0.39 is 11.8 Å². The van der Waals surface area contributed by atoms with Crippen LogP contribution < -0.4 is 19.9 Å². The molecule has 128 valence electrons. The van der Waals surface area contributed by atoms with Gasteiger partial charge in [-0.2, -0.15) is 0 Å². The summed E-state index contributed by atoms with van der Waals surface area (Å²) in [5, 5.41) is 1.60. The third kappa shape index (κ3) is 3.16. The van der Waals surface area contributed by atoms with Crippen LogP contribution in [0.1, 0.15) is 5.56 Å². The van der Waals surface area contributed by atoms with Gasteiger partial charge in [0, 0.05) is 16.7 Å². The lowest BCUT2D eigenvalue weighted by molar-refractivity contribution is -0.117. The molecule has 2 amide bonds. The molecular formula is C18H15ClN2O4. The first-order chi connectivity index (χ1) is 12.0. The van der Waals surface area contributed by atoms with Crippen molar-refractivity contribution in [3.05, 3.63) is 58.6 Å². The molecule has 7 heteroatoms. The van der Waals surface area contributed by atoms with Crippen molar-refractivity contribution in [2.75, 3.05) is 19.2 Å². The number of ether oxygens (including phenoxy) is 2. The Morgan fingerprint density at radius 3 is 2.44 bits per heavy atom. The standard InChI is InChI=1S/C18H15ClN2O4/c1-24-15-10-12(19)8-11(16(15)25-2)9-14-17(22)20-21(18(14)23)13-6-4-3-5-7-13/h3-10H,1-2H3,(H,20,22)/b14-9-. The number of carbonyl (C=O) groups excluding carboxylic acids is 2. The van der Waals surface area contributed by atoms with Gasteiger partial charge in [-0.15, -0.1) is 0 Å². The van der Waals surface area contributed by atoms with Gasteiger partial charge in [-0.1, -0.05) is 29.8 Å². The van der Waals surface area contributed by atoms with Crippen molar-refractivity contribution in [3.63, 3.8) is 0 Å². The Hall–Kier alpha value is -2.99. The maximum absolute atomic E-state index is 12.6. The molecule has 1 fully saturated rings. The summed E-state index contributed by atoms with van der Waals surface area (Å²) in [7, 11) is 2.95. The van der Waals surface area contributed by atoms with Gasteiger partial charge in [0.25, 0.3) is 11.8 Å². The van der Waals surface area contributed by atoms with E-state index in [2.05, 4.69) is 5.43 Å². The van der Waals surface area contributed by atoms with Gasteiger partial charge in [0.1, 0.15) is 5.57 Å². The molecule has 1 saturated heterocycles. The third-order valence-corrected chi connectivity index (χ3v) is 3.90. The molecule has 0 saturated carbocycles. The number of nitrogens with zero attached hydrogens (tertiary/aromatic N) is 1. The van der Waals surface area contributed by atoms with Crippen molar-refractivity contribution < 1.29 is 19.1 Å². The van der Waals surface area contributed by atoms with Crippen LogP contribution in [0.25, 0.3) is 6.08 Å². The maximum Gasteiger partial charge on any atom is 0.282 e. The second kappa shape index (κ2) is 6.86. The summed E-state index contributed by atoms with van der Waals surface area (Å²) in [5.41, 5.74) is 3.56. The molecule has 0 aromatic heterocycles. The summed E-state index contributed by atoms with van der Waals surface area (Å²) in [6.45, 7) is 0. The summed E-state index contributed by atoms with van der Waals surface area (Å²) in [6, 6.07) is 12.0.